The molecule has 1 aromatic rings. The van der Waals surface area contributed by atoms with Crippen LogP contribution in [0.25, 0.3) is 0 Å². The van der Waals surface area contributed by atoms with Crippen LogP contribution in [0.3, 0.4) is 0 Å². The number of nitrogens with two attached hydrogens (primary N) is 1. The third-order valence-corrected chi connectivity index (χ3v) is 1.85. The Labute approximate surface area is 90.0 Å². The number of nitrogens with zero attached hydrogens (tertiary/aromatic N) is 1. The van der Waals surface area contributed by atoms with Gasteiger partial charge in [-0.2, -0.15) is 4.39 Å². The van der Waals surface area contributed by atoms with Crippen molar-refractivity contribution in [1.29, 1.82) is 0 Å². The monoisotopic (exact) mass is 228 g/mol. The van der Waals surface area contributed by atoms with Crippen LogP contribution in [0.1, 0.15) is 17.3 Å². The van der Waals surface area contributed by atoms with E-state index < -0.39 is 28.1 Å². The van der Waals surface area contributed by atoms with Crippen LogP contribution in [0.2, 0.25) is 0 Å². The number of nitro benzene ring substituents is 1. The lowest BCUT2D eigenvalue weighted by atomic mass is 10.1. The minimum absolute atomic E-state index is 0.108. The van der Waals surface area contributed by atoms with E-state index in [2.05, 4.69) is 4.74 Å². The fraction of sp³-hybridized carbons (Fsp3) is 0.222. The summed E-state index contributed by atoms with van der Waals surface area (Å²) in [7, 11) is 0. The number of carbonyl (C=O) groups is 1. The Morgan fingerprint density at radius 1 is 1.62 bits per heavy atom. The number of nitrogen functional groups attached to an aromatic ring is 1. The summed E-state index contributed by atoms with van der Waals surface area (Å²) in [5, 5.41) is 10.4. The van der Waals surface area contributed by atoms with Gasteiger partial charge in [0.15, 0.2) is 0 Å². The standard InChI is InChI=1S/C9H9FN2O4/c1-2-16-9(13)5-3-4-6(12(14)15)7(10)8(5)11/h3-4H,2,11H2,1H3. The fourth-order valence-electron chi connectivity index (χ4n) is 1.11. The van der Waals surface area contributed by atoms with Gasteiger partial charge in [0.25, 0.3) is 0 Å². The molecule has 6 nitrogen and oxygen atoms in total. The number of ether oxygens (including phenoxy) is 1. The Bertz CT molecular complexity index is 447. The smallest absolute Gasteiger partial charge is 0.340 e. The van der Waals surface area contributed by atoms with E-state index in [-0.39, 0.29) is 12.2 Å². The van der Waals surface area contributed by atoms with Gasteiger partial charge in [0.2, 0.25) is 5.82 Å². The third-order valence-electron chi connectivity index (χ3n) is 1.85. The van der Waals surface area contributed by atoms with Gasteiger partial charge in [0, 0.05) is 6.07 Å². The zero-order chi connectivity index (χ0) is 12.3. The molecule has 0 heterocycles. The average Bonchev–Trinajstić information content (AvgIpc) is 2.21. The minimum Gasteiger partial charge on any atom is -0.462 e. The summed E-state index contributed by atoms with van der Waals surface area (Å²) in [4.78, 5) is 20.7. The molecule has 1 aromatic carbocycles. The summed E-state index contributed by atoms with van der Waals surface area (Å²) in [5.41, 5.74) is 3.71. The van der Waals surface area contributed by atoms with Gasteiger partial charge in [-0.1, -0.05) is 0 Å². The molecule has 0 fully saturated rings. The molecule has 0 radical (unpaired) electrons. The average molecular weight is 228 g/mol. The van der Waals surface area contributed by atoms with E-state index >= 15 is 0 Å². The van der Waals surface area contributed by atoms with Gasteiger partial charge < -0.3 is 10.5 Å². The molecule has 0 saturated heterocycles. The molecule has 0 saturated carbocycles. The van der Waals surface area contributed by atoms with Crippen LogP contribution < -0.4 is 5.73 Å². The Kier molecular flexibility index (Phi) is 3.39. The van der Waals surface area contributed by atoms with Crippen LogP contribution in [-0.2, 0) is 4.74 Å². The van der Waals surface area contributed by atoms with Crippen molar-refractivity contribution in [3.8, 4) is 0 Å². The van der Waals surface area contributed by atoms with Crippen LogP contribution in [0, 0.1) is 15.9 Å². The highest BCUT2D eigenvalue weighted by molar-refractivity contribution is 5.95. The minimum atomic E-state index is -1.23. The second kappa shape index (κ2) is 4.56. The summed E-state index contributed by atoms with van der Waals surface area (Å²) in [6.07, 6.45) is 0. The van der Waals surface area contributed by atoms with Crippen molar-refractivity contribution in [2.45, 2.75) is 6.92 Å². The van der Waals surface area contributed by atoms with Crippen LogP contribution in [0.15, 0.2) is 12.1 Å². The molecule has 16 heavy (non-hydrogen) atoms. The lowest BCUT2D eigenvalue weighted by molar-refractivity contribution is -0.387. The highest BCUT2D eigenvalue weighted by atomic mass is 19.1. The van der Waals surface area contributed by atoms with Crippen LogP contribution in [0.5, 0.6) is 0 Å². The van der Waals surface area contributed by atoms with Crippen molar-refractivity contribution >= 4 is 17.3 Å². The van der Waals surface area contributed by atoms with Crippen molar-refractivity contribution < 1.29 is 18.8 Å². The number of anilines is 1. The Hall–Kier alpha value is -2.18. The lowest BCUT2D eigenvalue weighted by Gasteiger charge is -2.05. The van der Waals surface area contributed by atoms with E-state index in [1.165, 1.54) is 0 Å². The SMILES string of the molecule is CCOC(=O)c1ccc([N+](=O)[O-])c(F)c1N. The molecule has 0 unspecified atom stereocenters. The third kappa shape index (κ3) is 2.08. The maximum Gasteiger partial charge on any atom is 0.340 e. The van der Waals surface area contributed by atoms with E-state index in [1.807, 2.05) is 0 Å². The van der Waals surface area contributed by atoms with E-state index in [1.54, 1.807) is 6.92 Å². The largest absolute Gasteiger partial charge is 0.462 e. The highest BCUT2D eigenvalue weighted by Gasteiger charge is 2.22. The predicted molar refractivity (Wildman–Crippen MR) is 53.4 cm³/mol. The number of benzene rings is 1. The van der Waals surface area contributed by atoms with Crippen molar-refractivity contribution in [2.24, 2.45) is 0 Å². The molecule has 0 aliphatic heterocycles. The van der Waals surface area contributed by atoms with E-state index in [4.69, 9.17) is 5.73 Å². The van der Waals surface area contributed by atoms with E-state index in [0.717, 1.165) is 12.1 Å². The number of hydrogen-bond donors (Lipinski definition) is 1. The zero-order valence-corrected chi connectivity index (χ0v) is 8.40. The van der Waals surface area contributed by atoms with Gasteiger partial charge in [0.05, 0.1) is 22.8 Å². The second-order valence-electron chi connectivity index (χ2n) is 2.84. The summed E-state index contributed by atoms with van der Waals surface area (Å²) < 4.78 is 17.9. The number of hydrogen-bond acceptors (Lipinski definition) is 5. The maximum atomic E-state index is 13.3. The Balaban J connectivity index is 3.21. The second-order valence-corrected chi connectivity index (χ2v) is 2.84. The molecule has 7 heteroatoms. The molecule has 0 bridgehead atoms. The summed E-state index contributed by atoms with van der Waals surface area (Å²) in [6.45, 7) is 1.69. The van der Waals surface area contributed by atoms with Crippen molar-refractivity contribution in [1.82, 2.24) is 0 Å². The summed E-state index contributed by atoms with van der Waals surface area (Å²) in [5.74, 6) is -2.04. The Morgan fingerprint density at radius 3 is 2.75 bits per heavy atom. The summed E-state index contributed by atoms with van der Waals surface area (Å²) in [6, 6.07) is 1.94. The van der Waals surface area contributed by atoms with Gasteiger partial charge in [-0.25, -0.2) is 4.79 Å². The van der Waals surface area contributed by atoms with Crippen LogP contribution >= 0.6 is 0 Å². The van der Waals surface area contributed by atoms with Crippen molar-refractivity contribution in [3.63, 3.8) is 0 Å². The maximum absolute atomic E-state index is 13.3. The predicted octanol–water partition coefficient (Wildman–Crippen LogP) is 1.49. The summed E-state index contributed by atoms with van der Waals surface area (Å²) >= 11 is 0. The van der Waals surface area contributed by atoms with Gasteiger partial charge >= 0.3 is 11.7 Å². The lowest BCUT2D eigenvalue weighted by Crippen LogP contribution is -2.10. The number of esters is 1. The normalized spacial score (nSPS) is 9.88. The van der Waals surface area contributed by atoms with Gasteiger partial charge in [-0.15, -0.1) is 0 Å². The van der Waals surface area contributed by atoms with Crippen LogP contribution in [0.4, 0.5) is 15.8 Å². The topological polar surface area (TPSA) is 95.5 Å². The zero-order valence-electron chi connectivity index (χ0n) is 8.40. The first-order valence-electron chi connectivity index (χ1n) is 4.38. The van der Waals surface area contributed by atoms with Crippen molar-refractivity contribution in [2.75, 3.05) is 12.3 Å². The first-order valence-corrected chi connectivity index (χ1v) is 4.38. The highest BCUT2D eigenvalue weighted by Crippen LogP contribution is 2.26. The van der Waals surface area contributed by atoms with E-state index in [9.17, 15) is 19.3 Å². The van der Waals surface area contributed by atoms with E-state index in [0.29, 0.717) is 0 Å². The molecule has 2 N–H and O–H groups in total. The molecule has 1 rings (SSSR count). The van der Waals surface area contributed by atoms with Gasteiger partial charge in [-0.05, 0) is 13.0 Å². The number of halogens is 1. The first kappa shape index (κ1) is 11.9. The molecule has 0 atom stereocenters. The van der Waals surface area contributed by atoms with Crippen LogP contribution in [-0.4, -0.2) is 17.5 Å². The fourth-order valence-corrected chi connectivity index (χ4v) is 1.11. The van der Waals surface area contributed by atoms with Gasteiger partial charge in [-0.3, -0.25) is 10.1 Å². The van der Waals surface area contributed by atoms with Gasteiger partial charge in [0.1, 0.15) is 0 Å². The molecule has 0 spiro atoms. The Morgan fingerprint density at radius 2 is 2.25 bits per heavy atom. The molecule has 0 aliphatic carbocycles. The molecule has 86 valence electrons. The molecule has 0 amide bonds. The molecule has 0 aromatic heterocycles. The first-order chi connectivity index (χ1) is 7.49. The van der Waals surface area contributed by atoms with Crippen molar-refractivity contribution in [3.05, 3.63) is 33.6 Å². The number of nitro groups is 1. The number of rotatable bonds is 3. The molecular formula is C9H9FN2O4. The molecule has 0 aliphatic rings. The quantitative estimate of drug-likeness (QED) is 0.366. The molecular weight excluding hydrogens is 219 g/mol. The number of carbonyl (C=O) groups excluding carboxylic acids is 1.